The number of carbonyl (C=O) groups excluding carboxylic acids is 2. The van der Waals surface area contributed by atoms with E-state index in [1.807, 2.05) is 35.5 Å². The molecule has 0 bridgehead atoms. The second kappa shape index (κ2) is 18.0. The molecular formula is C47H60N8O2. The van der Waals surface area contributed by atoms with Crippen LogP contribution in [-0.4, -0.2) is 96.7 Å². The number of amides is 2. The fourth-order valence-corrected chi connectivity index (χ4v) is 9.16. The maximum absolute atomic E-state index is 14.2. The highest BCUT2D eigenvalue weighted by molar-refractivity contribution is 5.84. The number of imidazole rings is 2. The number of rotatable bonds is 15. The molecular weight excluding hydrogens is 709 g/mol. The summed E-state index contributed by atoms with van der Waals surface area (Å²) >= 11 is 0. The second-order valence-corrected chi connectivity index (χ2v) is 15.8. The number of likely N-dealkylation sites (tertiary alicyclic amines) is 2. The Morgan fingerprint density at radius 1 is 0.632 bits per heavy atom. The van der Waals surface area contributed by atoms with Gasteiger partial charge in [-0.25, -0.2) is 9.97 Å². The van der Waals surface area contributed by atoms with Crippen molar-refractivity contribution in [2.24, 2.45) is 5.92 Å². The highest BCUT2D eigenvalue weighted by Crippen LogP contribution is 2.37. The van der Waals surface area contributed by atoms with Crippen LogP contribution in [0.2, 0.25) is 0 Å². The smallest absolute Gasteiger partial charge is 0.245 e. The van der Waals surface area contributed by atoms with Gasteiger partial charge in [0, 0.05) is 13.1 Å². The van der Waals surface area contributed by atoms with Crippen LogP contribution in [0, 0.1) is 5.92 Å². The summed E-state index contributed by atoms with van der Waals surface area (Å²) in [5.74, 6) is 2.31. The third kappa shape index (κ3) is 8.34. The largest absolute Gasteiger partial charge is 0.340 e. The standard InChI is InChI=1S/C47H60N8O2/c1-7-52(8-2)42(32(5)6)46(56)54-28-14-18-40(54)44-48-30-38(50-44)35-24-20-33(21-25-35)34-22-26-36(27-23-34)39-31-49-45(51-39)41-19-15-29-55(41)47(57)43(53(9-3)10-4)37-16-12-11-13-17-37/h11-13,16-17,20-27,30-32,40-43H,7-10,14-15,18-19,28-29H2,1-6H3,(H,48,50)(H,49,51)/t40-,41-,42+,43+/m0/s1. The van der Waals surface area contributed by atoms with E-state index in [-0.39, 0.29) is 41.9 Å². The zero-order chi connectivity index (χ0) is 40.1. The van der Waals surface area contributed by atoms with Crippen molar-refractivity contribution < 1.29 is 9.59 Å². The molecule has 0 aliphatic carbocycles. The number of benzene rings is 3. The summed E-state index contributed by atoms with van der Waals surface area (Å²) in [6, 6.07) is 26.7. The number of aromatic nitrogens is 4. The van der Waals surface area contributed by atoms with Crippen LogP contribution in [0.5, 0.6) is 0 Å². The fraction of sp³-hybridized carbons (Fsp3) is 0.447. The van der Waals surface area contributed by atoms with E-state index in [2.05, 4.69) is 127 Å². The minimum absolute atomic E-state index is 0.0315. The Morgan fingerprint density at radius 2 is 1.07 bits per heavy atom. The van der Waals surface area contributed by atoms with Gasteiger partial charge in [0.15, 0.2) is 0 Å². The summed E-state index contributed by atoms with van der Waals surface area (Å²) in [6.45, 7) is 17.6. The van der Waals surface area contributed by atoms with E-state index in [4.69, 9.17) is 9.97 Å². The van der Waals surface area contributed by atoms with Gasteiger partial charge in [-0.05, 0) is 85.6 Å². The SMILES string of the molecule is CCN(CC)[C@@H](C(=O)N1CCC[C@H]1c1ncc(-c2ccc(-c3ccc(-c4cnc([C@@H]5CCCN5C(=O)[C@@H](C(C)C)N(CC)CC)[nH]4)cc3)cc2)[nH]1)c1ccccc1. The van der Waals surface area contributed by atoms with Crippen LogP contribution < -0.4 is 0 Å². The number of H-pyrrole nitrogens is 2. The lowest BCUT2D eigenvalue weighted by atomic mass is 10.00. The zero-order valence-electron chi connectivity index (χ0n) is 34.6. The number of nitrogens with zero attached hydrogens (tertiary/aromatic N) is 6. The first-order valence-corrected chi connectivity index (χ1v) is 21.2. The van der Waals surface area contributed by atoms with Gasteiger partial charge in [0.1, 0.15) is 17.7 Å². The predicted octanol–water partition coefficient (Wildman–Crippen LogP) is 8.91. The first kappa shape index (κ1) is 40.1. The lowest BCUT2D eigenvalue weighted by molar-refractivity contribution is -0.140. The quantitative estimate of drug-likeness (QED) is 0.110. The van der Waals surface area contributed by atoms with Gasteiger partial charge in [-0.15, -0.1) is 0 Å². The lowest BCUT2D eigenvalue weighted by Crippen LogP contribution is -2.51. The van der Waals surface area contributed by atoms with Crippen LogP contribution in [0.1, 0.15) is 103 Å². The van der Waals surface area contributed by atoms with E-state index >= 15 is 0 Å². The number of nitrogens with one attached hydrogen (secondary N) is 2. The molecule has 10 heteroatoms. The molecule has 3 aromatic carbocycles. The molecule has 57 heavy (non-hydrogen) atoms. The first-order valence-electron chi connectivity index (χ1n) is 21.2. The summed E-state index contributed by atoms with van der Waals surface area (Å²) in [7, 11) is 0. The molecule has 0 saturated carbocycles. The third-order valence-electron chi connectivity index (χ3n) is 12.2. The normalized spacial score (nSPS) is 18.3. The van der Waals surface area contributed by atoms with Gasteiger partial charge < -0.3 is 19.8 Å². The molecule has 300 valence electrons. The maximum atomic E-state index is 14.2. The molecule has 2 aromatic heterocycles. The third-order valence-corrected chi connectivity index (χ3v) is 12.2. The average Bonchev–Trinajstić information content (AvgIpc) is 4.09. The Labute approximate surface area is 338 Å². The van der Waals surface area contributed by atoms with Crippen LogP contribution in [0.25, 0.3) is 33.6 Å². The molecule has 10 nitrogen and oxygen atoms in total. The number of hydrogen-bond acceptors (Lipinski definition) is 6. The predicted molar refractivity (Wildman–Crippen MR) is 228 cm³/mol. The first-order chi connectivity index (χ1) is 27.8. The molecule has 7 rings (SSSR count). The average molecular weight is 769 g/mol. The van der Waals surface area contributed by atoms with Crippen LogP contribution in [-0.2, 0) is 9.59 Å². The van der Waals surface area contributed by atoms with Crippen LogP contribution in [0.3, 0.4) is 0 Å². The van der Waals surface area contributed by atoms with Gasteiger partial charge in [0.05, 0.1) is 41.9 Å². The van der Waals surface area contributed by atoms with E-state index in [0.717, 1.165) is 116 Å². The summed E-state index contributed by atoms with van der Waals surface area (Å²) in [5.41, 5.74) is 7.30. The molecule has 0 spiro atoms. The van der Waals surface area contributed by atoms with Crippen molar-refractivity contribution >= 4 is 11.8 Å². The Kier molecular flexibility index (Phi) is 12.7. The number of aromatic amines is 2. The van der Waals surface area contributed by atoms with Crippen LogP contribution >= 0.6 is 0 Å². The van der Waals surface area contributed by atoms with Gasteiger partial charge in [-0.3, -0.25) is 19.4 Å². The number of likely N-dealkylation sites (N-methyl/N-ethyl adjacent to an activating group) is 2. The minimum Gasteiger partial charge on any atom is -0.340 e. The van der Waals surface area contributed by atoms with Crippen molar-refractivity contribution in [1.82, 2.24) is 39.5 Å². The van der Waals surface area contributed by atoms with Crippen molar-refractivity contribution in [3.05, 3.63) is 108 Å². The van der Waals surface area contributed by atoms with Crippen molar-refractivity contribution in [3.8, 4) is 33.6 Å². The van der Waals surface area contributed by atoms with Crippen molar-refractivity contribution in [1.29, 1.82) is 0 Å². The Balaban J connectivity index is 1.02. The minimum atomic E-state index is -0.310. The zero-order valence-corrected chi connectivity index (χ0v) is 34.6. The molecule has 2 fully saturated rings. The number of carbonyl (C=O) groups is 2. The molecule has 5 aromatic rings. The Bertz CT molecular complexity index is 2060. The molecule has 2 saturated heterocycles. The van der Waals surface area contributed by atoms with E-state index < -0.39 is 0 Å². The van der Waals surface area contributed by atoms with E-state index in [0.29, 0.717) is 0 Å². The van der Waals surface area contributed by atoms with Crippen LogP contribution in [0.4, 0.5) is 0 Å². The summed E-state index contributed by atoms with van der Waals surface area (Å²) in [5, 5.41) is 0. The molecule has 2 aliphatic rings. The van der Waals surface area contributed by atoms with Crippen molar-refractivity contribution in [3.63, 3.8) is 0 Å². The Hall–Kier alpha value is -5.06. The Morgan fingerprint density at radius 3 is 1.51 bits per heavy atom. The molecule has 0 unspecified atom stereocenters. The van der Waals surface area contributed by atoms with E-state index in [9.17, 15) is 9.59 Å². The van der Waals surface area contributed by atoms with Gasteiger partial charge in [0.25, 0.3) is 0 Å². The lowest BCUT2D eigenvalue weighted by Gasteiger charge is -2.36. The van der Waals surface area contributed by atoms with E-state index in [1.165, 1.54) is 0 Å². The van der Waals surface area contributed by atoms with Gasteiger partial charge in [-0.1, -0.05) is 120 Å². The van der Waals surface area contributed by atoms with E-state index in [1.54, 1.807) is 0 Å². The number of hydrogen-bond donors (Lipinski definition) is 2. The highest BCUT2D eigenvalue weighted by Gasteiger charge is 2.39. The second-order valence-electron chi connectivity index (χ2n) is 15.8. The van der Waals surface area contributed by atoms with Crippen molar-refractivity contribution in [2.45, 2.75) is 91.4 Å². The summed E-state index contributed by atoms with van der Waals surface area (Å²) < 4.78 is 0. The molecule has 2 amide bonds. The molecule has 2 aliphatic heterocycles. The topological polar surface area (TPSA) is 104 Å². The maximum Gasteiger partial charge on any atom is 0.245 e. The van der Waals surface area contributed by atoms with Crippen molar-refractivity contribution in [2.75, 3.05) is 39.3 Å². The highest BCUT2D eigenvalue weighted by atomic mass is 16.2. The molecule has 2 N–H and O–H groups in total. The van der Waals surface area contributed by atoms with Gasteiger partial charge >= 0.3 is 0 Å². The summed E-state index contributed by atoms with van der Waals surface area (Å²) in [6.07, 6.45) is 7.54. The van der Waals surface area contributed by atoms with Gasteiger partial charge in [0.2, 0.25) is 11.8 Å². The molecule has 0 radical (unpaired) electrons. The monoisotopic (exact) mass is 768 g/mol. The van der Waals surface area contributed by atoms with Gasteiger partial charge in [-0.2, -0.15) is 0 Å². The molecule has 4 heterocycles. The molecule has 4 atom stereocenters. The fourth-order valence-electron chi connectivity index (χ4n) is 9.16. The summed E-state index contributed by atoms with van der Waals surface area (Å²) in [4.78, 5) is 53.5. The van der Waals surface area contributed by atoms with Crippen LogP contribution in [0.15, 0.2) is 91.3 Å².